The minimum atomic E-state index is -0.453. The number of halogens is 1. The zero-order valence-corrected chi connectivity index (χ0v) is 13.9. The lowest BCUT2D eigenvalue weighted by atomic mass is 9.69. The van der Waals surface area contributed by atoms with Crippen LogP contribution in [0.5, 0.6) is 0 Å². The molecule has 126 valence electrons. The largest absolute Gasteiger partial charge is 0.396 e. The molecule has 0 bridgehead atoms. The number of rotatable bonds is 2. The summed E-state index contributed by atoms with van der Waals surface area (Å²) >= 11 is 0. The number of benzene rings is 1. The third-order valence-electron chi connectivity index (χ3n) is 5.74. The van der Waals surface area contributed by atoms with Gasteiger partial charge in [-0.1, -0.05) is 12.1 Å². The second kappa shape index (κ2) is 6.21. The summed E-state index contributed by atoms with van der Waals surface area (Å²) in [7, 11) is 2.05. The molecule has 2 saturated heterocycles. The Labute approximate surface area is 136 Å². The summed E-state index contributed by atoms with van der Waals surface area (Å²) in [4.78, 5) is 16.8. The van der Waals surface area contributed by atoms with Gasteiger partial charge in [-0.15, -0.1) is 0 Å². The first-order chi connectivity index (χ1) is 11.0. The standard InChI is InChI=1S/C18H25FN2O2/c1-13-5-3-6-14(19)16(13)17(23)21-10-8-18(12-22)7-4-9-20(2)15(18)11-21/h3,5-6,15,22H,4,7-12H2,1-2H3/t15-,18-/m1/s1. The summed E-state index contributed by atoms with van der Waals surface area (Å²) in [6, 6.07) is 4.88. The van der Waals surface area contributed by atoms with Crippen LogP contribution in [0, 0.1) is 18.2 Å². The van der Waals surface area contributed by atoms with Crippen LogP contribution in [0.3, 0.4) is 0 Å². The maximum atomic E-state index is 14.1. The topological polar surface area (TPSA) is 43.8 Å². The summed E-state index contributed by atoms with van der Waals surface area (Å²) in [5, 5.41) is 9.93. The second-order valence-electron chi connectivity index (χ2n) is 7.05. The molecule has 0 radical (unpaired) electrons. The predicted molar refractivity (Wildman–Crippen MR) is 86.8 cm³/mol. The number of likely N-dealkylation sites (tertiary alicyclic amines) is 2. The number of aliphatic hydroxyl groups is 1. The minimum absolute atomic E-state index is 0.117. The van der Waals surface area contributed by atoms with E-state index < -0.39 is 5.82 Å². The molecule has 0 unspecified atom stereocenters. The van der Waals surface area contributed by atoms with Gasteiger partial charge in [-0.3, -0.25) is 4.79 Å². The number of likely N-dealkylation sites (N-methyl/N-ethyl adjacent to an activating group) is 1. The maximum absolute atomic E-state index is 14.1. The summed E-state index contributed by atoms with van der Waals surface area (Å²) in [5.74, 6) is -0.683. The lowest BCUT2D eigenvalue weighted by molar-refractivity contribution is -0.0602. The third kappa shape index (κ3) is 2.76. The van der Waals surface area contributed by atoms with Crippen LogP contribution in [0.4, 0.5) is 4.39 Å². The average molecular weight is 320 g/mol. The van der Waals surface area contributed by atoms with Crippen LogP contribution in [0.2, 0.25) is 0 Å². The molecule has 0 spiro atoms. The predicted octanol–water partition coefficient (Wildman–Crippen LogP) is 2.05. The summed E-state index contributed by atoms with van der Waals surface area (Å²) in [5.41, 5.74) is 0.738. The average Bonchev–Trinajstić information content (AvgIpc) is 2.54. The van der Waals surface area contributed by atoms with Gasteiger partial charge in [-0.2, -0.15) is 0 Å². The van der Waals surface area contributed by atoms with Gasteiger partial charge in [0.15, 0.2) is 0 Å². The highest BCUT2D eigenvalue weighted by Gasteiger charge is 2.47. The Morgan fingerprint density at radius 3 is 2.87 bits per heavy atom. The number of hydrogen-bond donors (Lipinski definition) is 1. The van der Waals surface area contributed by atoms with Gasteiger partial charge >= 0.3 is 0 Å². The van der Waals surface area contributed by atoms with Crippen LogP contribution in [-0.4, -0.2) is 60.1 Å². The molecule has 1 aromatic carbocycles. The Kier molecular flexibility index (Phi) is 4.43. The number of carbonyl (C=O) groups is 1. The Morgan fingerprint density at radius 2 is 2.17 bits per heavy atom. The first-order valence-corrected chi connectivity index (χ1v) is 8.34. The van der Waals surface area contributed by atoms with E-state index in [0.29, 0.717) is 18.7 Å². The zero-order valence-electron chi connectivity index (χ0n) is 13.9. The molecule has 0 saturated carbocycles. The fraction of sp³-hybridized carbons (Fsp3) is 0.611. The fourth-order valence-corrected chi connectivity index (χ4v) is 4.26. The van der Waals surface area contributed by atoms with Gasteiger partial charge in [-0.25, -0.2) is 4.39 Å². The number of hydrogen-bond acceptors (Lipinski definition) is 3. The summed E-state index contributed by atoms with van der Waals surface area (Å²) in [6.45, 7) is 4.04. The van der Waals surface area contributed by atoms with Crippen molar-refractivity contribution in [2.24, 2.45) is 5.41 Å². The normalized spacial score (nSPS) is 28.5. The smallest absolute Gasteiger partial charge is 0.257 e. The summed E-state index contributed by atoms with van der Waals surface area (Å²) in [6.07, 6.45) is 2.85. The van der Waals surface area contributed by atoms with E-state index in [1.54, 1.807) is 24.0 Å². The minimum Gasteiger partial charge on any atom is -0.396 e. The van der Waals surface area contributed by atoms with Crippen molar-refractivity contribution in [1.82, 2.24) is 9.80 Å². The highest BCUT2D eigenvalue weighted by molar-refractivity contribution is 5.96. The molecule has 2 aliphatic rings. The lowest BCUT2D eigenvalue weighted by Gasteiger charge is -2.53. The van der Waals surface area contributed by atoms with Gasteiger partial charge in [0.05, 0.1) is 12.2 Å². The molecule has 2 heterocycles. The van der Waals surface area contributed by atoms with E-state index in [2.05, 4.69) is 11.9 Å². The number of piperidine rings is 2. The number of fused-ring (bicyclic) bond motifs is 1. The molecule has 2 fully saturated rings. The van der Waals surface area contributed by atoms with Crippen molar-refractivity contribution in [1.29, 1.82) is 0 Å². The number of carbonyl (C=O) groups excluding carboxylic acids is 1. The van der Waals surface area contributed by atoms with Gasteiger partial charge in [0, 0.05) is 24.5 Å². The molecule has 1 N–H and O–H groups in total. The molecule has 5 heteroatoms. The van der Waals surface area contributed by atoms with E-state index in [4.69, 9.17) is 0 Å². The van der Waals surface area contributed by atoms with E-state index in [1.165, 1.54) is 6.07 Å². The molecule has 23 heavy (non-hydrogen) atoms. The zero-order chi connectivity index (χ0) is 16.6. The highest BCUT2D eigenvalue weighted by Crippen LogP contribution is 2.41. The van der Waals surface area contributed by atoms with E-state index in [9.17, 15) is 14.3 Å². The van der Waals surface area contributed by atoms with Crippen LogP contribution in [0.1, 0.15) is 35.2 Å². The third-order valence-corrected chi connectivity index (χ3v) is 5.74. The van der Waals surface area contributed by atoms with Crippen molar-refractivity contribution in [2.75, 3.05) is 33.3 Å². The molecule has 1 aromatic rings. The number of aryl methyl sites for hydroxylation is 1. The number of amides is 1. The number of aliphatic hydroxyl groups excluding tert-OH is 1. The SMILES string of the molecule is Cc1cccc(F)c1C(=O)N1CC[C@@]2(CO)CCCN(C)[C@@H]2C1. The van der Waals surface area contributed by atoms with Crippen molar-refractivity contribution in [3.05, 3.63) is 35.1 Å². The van der Waals surface area contributed by atoms with Gasteiger partial charge in [0.2, 0.25) is 0 Å². The van der Waals surface area contributed by atoms with Gasteiger partial charge in [0.25, 0.3) is 5.91 Å². The van der Waals surface area contributed by atoms with Crippen LogP contribution < -0.4 is 0 Å². The van der Waals surface area contributed by atoms with Crippen LogP contribution in [-0.2, 0) is 0 Å². The van der Waals surface area contributed by atoms with E-state index in [1.807, 2.05) is 0 Å². The van der Waals surface area contributed by atoms with Crippen molar-refractivity contribution < 1.29 is 14.3 Å². The molecule has 0 aromatic heterocycles. The van der Waals surface area contributed by atoms with E-state index in [0.717, 1.165) is 25.8 Å². The van der Waals surface area contributed by atoms with Gasteiger partial charge < -0.3 is 14.9 Å². The molecule has 4 nitrogen and oxygen atoms in total. The monoisotopic (exact) mass is 320 g/mol. The van der Waals surface area contributed by atoms with E-state index in [-0.39, 0.29) is 29.5 Å². The van der Waals surface area contributed by atoms with Gasteiger partial charge in [-0.05, 0) is 51.4 Å². The Bertz CT molecular complexity index is 586. The molecule has 1 amide bonds. The second-order valence-corrected chi connectivity index (χ2v) is 7.05. The first kappa shape index (κ1) is 16.4. The van der Waals surface area contributed by atoms with Crippen molar-refractivity contribution >= 4 is 5.91 Å². The van der Waals surface area contributed by atoms with E-state index >= 15 is 0 Å². The van der Waals surface area contributed by atoms with Crippen LogP contribution in [0.15, 0.2) is 18.2 Å². The number of nitrogens with zero attached hydrogens (tertiary/aromatic N) is 2. The lowest BCUT2D eigenvalue weighted by Crippen LogP contribution is -2.62. The molecule has 0 aliphatic carbocycles. The quantitative estimate of drug-likeness (QED) is 0.907. The Hall–Kier alpha value is -1.46. The molecule has 2 aliphatic heterocycles. The first-order valence-electron chi connectivity index (χ1n) is 8.34. The van der Waals surface area contributed by atoms with Crippen molar-refractivity contribution in [2.45, 2.75) is 32.2 Å². The highest BCUT2D eigenvalue weighted by atomic mass is 19.1. The fourth-order valence-electron chi connectivity index (χ4n) is 4.26. The molecular weight excluding hydrogens is 295 g/mol. The Morgan fingerprint density at radius 1 is 1.39 bits per heavy atom. The molecular formula is C18H25FN2O2. The van der Waals surface area contributed by atoms with Gasteiger partial charge in [0.1, 0.15) is 5.82 Å². The van der Waals surface area contributed by atoms with Crippen molar-refractivity contribution in [3.63, 3.8) is 0 Å². The Balaban J connectivity index is 1.85. The molecule has 3 rings (SSSR count). The summed E-state index contributed by atoms with van der Waals surface area (Å²) < 4.78 is 14.1. The molecule has 2 atom stereocenters. The maximum Gasteiger partial charge on any atom is 0.257 e. The van der Waals surface area contributed by atoms with Crippen LogP contribution in [0.25, 0.3) is 0 Å². The van der Waals surface area contributed by atoms with Crippen molar-refractivity contribution in [3.8, 4) is 0 Å². The van der Waals surface area contributed by atoms with Crippen LogP contribution >= 0.6 is 0 Å².